The molecular formula is C6H10N4. The molecule has 4 heteroatoms. The second-order valence-corrected chi connectivity index (χ2v) is 2.12. The summed E-state index contributed by atoms with van der Waals surface area (Å²) in [6.45, 7) is 3.77. The van der Waals surface area contributed by atoms with E-state index in [0.29, 0.717) is 0 Å². The normalized spacial score (nSPS) is 12.0. The first-order valence-electron chi connectivity index (χ1n) is 3.00. The van der Waals surface area contributed by atoms with E-state index >= 15 is 0 Å². The molecule has 0 aliphatic carbocycles. The van der Waals surface area contributed by atoms with Crippen LogP contribution in [-0.4, -0.2) is 15.9 Å². The minimum absolute atomic E-state index is 0.797. The maximum atomic E-state index is 5.08. The molecule has 0 aliphatic rings. The zero-order valence-electron chi connectivity index (χ0n) is 6.05. The summed E-state index contributed by atoms with van der Waals surface area (Å²) in [6, 6.07) is 0. The van der Waals surface area contributed by atoms with Crippen LogP contribution in [-0.2, 0) is 0 Å². The molecule has 0 radical (unpaired) electrons. The van der Waals surface area contributed by atoms with Crippen molar-refractivity contribution in [2.75, 3.05) is 0 Å². The van der Waals surface area contributed by atoms with Crippen LogP contribution in [0, 0.1) is 6.92 Å². The van der Waals surface area contributed by atoms with Gasteiger partial charge in [0.1, 0.15) is 0 Å². The number of H-pyrrole nitrogens is 1. The molecular weight excluding hydrogens is 128 g/mol. The average Bonchev–Trinajstić information content (AvgIpc) is 2.34. The van der Waals surface area contributed by atoms with Crippen molar-refractivity contribution >= 4 is 5.71 Å². The summed E-state index contributed by atoms with van der Waals surface area (Å²) in [5.41, 5.74) is 2.76. The van der Waals surface area contributed by atoms with E-state index < -0.39 is 0 Å². The fraction of sp³-hybridized carbons (Fsp3) is 0.333. The fourth-order valence-corrected chi connectivity index (χ4v) is 0.785. The second kappa shape index (κ2) is 2.51. The molecule has 1 aromatic rings. The molecule has 0 bridgehead atoms. The van der Waals surface area contributed by atoms with Crippen LogP contribution in [0.25, 0.3) is 0 Å². The second-order valence-electron chi connectivity index (χ2n) is 2.12. The van der Waals surface area contributed by atoms with E-state index in [2.05, 4.69) is 15.3 Å². The van der Waals surface area contributed by atoms with Gasteiger partial charge in [0.25, 0.3) is 0 Å². The number of nitrogens with two attached hydrogens (primary N) is 1. The van der Waals surface area contributed by atoms with Crippen LogP contribution in [0.2, 0.25) is 0 Å². The van der Waals surface area contributed by atoms with Crippen molar-refractivity contribution in [1.29, 1.82) is 0 Å². The van der Waals surface area contributed by atoms with E-state index in [1.165, 1.54) is 0 Å². The highest BCUT2D eigenvalue weighted by atomic mass is 15.1. The Morgan fingerprint density at radius 3 is 2.90 bits per heavy atom. The van der Waals surface area contributed by atoms with E-state index in [1.807, 2.05) is 13.8 Å². The lowest BCUT2D eigenvalue weighted by Gasteiger charge is -1.92. The van der Waals surface area contributed by atoms with Gasteiger partial charge >= 0.3 is 0 Å². The smallest absolute Gasteiger partial charge is 0.0675 e. The maximum Gasteiger partial charge on any atom is 0.0675 e. The molecule has 0 saturated heterocycles. The van der Waals surface area contributed by atoms with Gasteiger partial charge in [-0.3, -0.25) is 5.10 Å². The van der Waals surface area contributed by atoms with Crippen molar-refractivity contribution in [2.24, 2.45) is 10.9 Å². The Morgan fingerprint density at radius 1 is 1.80 bits per heavy atom. The first-order chi connectivity index (χ1) is 4.75. The Labute approximate surface area is 59.1 Å². The zero-order chi connectivity index (χ0) is 7.56. The third-order valence-corrected chi connectivity index (χ3v) is 1.41. The molecule has 3 N–H and O–H groups in total. The SMILES string of the molecule is C/C(=N\N)c1cn[nH]c1C. The van der Waals surface area contributed by atoms with E-state index in [9.17, 15) is 0 Å². The lowest BCUT2D eigenvalue weighted by molar-refractivity contribution is 1.05. The van der Waals surface area contributed by atoms with Gasteiger partial charge in [-0.05, 0) is 13.8 Å². The quantitative estimate of drug-likeness (QED) is 0.335. The highest BCUT2D eigenvalue weighted by molar-refractivity contribution is 5.99. The van der Waals surface area contributed by atoms with Crippen molar-refractivity contribution in [1.82, 2.24) is 10.2 Å². The number of aromatic nitrogens is 2. The number of nitrogens with zero attached hydrogens (tertiary/aromatic N) is 2. The summed E-state index contributed by atoms with van der Waals surface area (Å²) >= 11 is 0. The summed E-state index contributed by atoms with van der Waals surface area (Å²) in [5.74, 6) is 5.08. The lowest BCUT2D eigenvalue weighted by Crippen LogP contribution is -1.98. The Hall–Kier alpha value is -1.32. The standard InChI is InChI=1S/C6H10N4/c1-4(9-7)6-3-8-10-5(6)2/h3H,7H2,1-2H3,(H,8,10)/b9-4+. The van der Waals surface area contributed by atoms with Crippen LogP contribution in [0.4, 0.5) is 0 Å². The van der Waals surface area contributed by atoms with Crippen LogP contribution in [0.5, 0.6) is 0 Å². The molecule has 1 aromatic heterocycles. The van der Waals surface area contributed by atoms with E-state index in [4.69, 9.17) is 5.84 Å². The molecule has 0 spiro atoms. The Bertz CT molecular complexity index is 248. The predicted octanol–water partition coefficient (Wildman–Crippen LogP) is 0.401. The molecule has 1 rings (SSSR count). The number of nitrogens with one attached hydrogen (secondary N) is 1. The summed E-state index contributed by atoms with van der Waals surface area (Å²) in [5, 5.41) is 10.2. The number of aryl methyl sites for hydroxylation is 1. The Kier molecular flexibility index (Phi) is 1.71. The summed E-state index contributed by atoms with van der Waals surface area (Å²) in [6.07, 6.45) is 1.71. The molecule has 10 heavy (non-hydrogen) atoms. The third-order valence-electron chi connectivity index (χ3n) is 1.41. The fourth-order valence-electron chi connectivity index (χ4n) is 0.785. The first kappa shape index (κ1) is 6.80. The summed E-state index contributed by atoms with van der Waals surface area (Å²) in [4.78, 5) is 0. The summed E-state index contributed by atoms with van der Waals surface area (Å²) < 4.78 is 0. The van der Waals surface area contributed by atoms with Gasteiger partial charge in [-0.1, -0.05) is 0 Å². The number of hydrogen-bond donors (Lipinski definition) is 2. The topological polar surface area (TPSA) is 67.1 Å². The van der Waals surface area contributed by atoms with E-state index in [1.54, 1.807) is 6.20 Å². The minimum atomic E-state index is 0.797. The van der Waals surface area contributed by atoms with Crippen molar-refractivity contribution in [3.05, 3.63) is 17.5 Å². The molecule has 54 valence electrons. The van der Waals surface area contributed by atoms with Crippen molar-refractivity contribution < 1.29 is 0 Å². The van der Waals surface area contributed by atoms with Crippen LogP contribution in [0.15, 0.2) is 11.3 Å². The van der Waals surface area contributed by atoms with Gasteiger partial charge in [0.2, 0.25) is 0 Å². The predicted molar refractivity (Wildman–Crippen MR) is 39.7 cm³/mol. The lowest BCUT2D eigenvalue weighted by atomic mass is 10.2. The van der Waals surface area contributed by atoms with Crippen molar-refractivity contribution in [2.45, 2.75) is 13.8 Å². The minimum Gasteiger partial charge on any atom is -0.323 e. The molecule has 0 aliphatic heterocycles. The van der Waals surface area contributed by atoms with Gasteiger partial charge in [0, 0.05) is 11.3 Å². The number of hydrogen-bond acceptors (Lipinski definition) is 3. The monoisotopic (exact) mass is 138 g/mol. The molecule has 0 amide bonds. The van der Waals surface area contributed by atoms with Crippen LogP contribution in [0.1, 0.15) is 18.2 Å². The van der Waals surface area contributed by atoms with Crippen LogP contribution in [0.3, 0.4) is 0 Å². The molecule has 0 aromatic carbocycles. The highest BCUT2D eigenvalue weighted by Gasteiger charge is 2.01. The number of hydrazone groups is 1. The van der Waals surface area contributed by atoms with Gasteiger partial charge in [-0.2, -0.15) is 10.2 Å². The zero-order valence-corrected chi connectivity index (χ0v) is 6.05. The molecule has 0 fully saturated rings. The largest absolute Gasteiger partial charge is 0.323 e. The van der Waals surface area contributed by atoms with Gasteiger partial charge in [-0.25, -0.2) is 0 Å². The van der Waals surface area contributed by atoms with E-state index in [0.717, 1.165) is 17.0 Å². The summed E-state index contributed by atoms with van der Waals surface area (Å²) in [7, 11) is 0. The molecule has 4 nitrogen and oxygen atoms in total. The van der Waals surface area contributed by atoms with Gasteiger partial charge in [-0.15, -0.1) is 0 Å². The Morgan fingerprint density at radius 2 is 2.50 bits per heavy atom. The van der Waals surface area contributed by atoms with Crippen molar-refractivity contribution in [3.8, 4) is 0 Å². The average molecular weight is 138 g/mol. The van der Waals surface area contributed by atoms with Gasteiger partial charge in [0.15, 0.2) is 0 Å². The third kappa shape index (κ3) is 1.00. The molecule has 0 unspecified atom stereocenters. The van der Waals surface area contributed by atoms with E-state index in [-0.39, 0.29) is 0 Å². The number of rotatable bonds is 1. The van der Waals surface area contributed by atoms with Gasteiger partial charge < -0.3 is 5.84 Å². The van der Waals surface area contributed by atoms with Crippen molar-refractivity contribution in [3.63, 3.8) is 0 Å². The molecule has 0 atom stereocenters. The van der Waals surface area contributed by atoms with Gasteiger partial charge in [0.05, 0.1) is 11.9 Å². The van der Waals surface area contributed by atoms with Crippen LogP contribution < -0.4 is 5.84 Å². The highest BCUT2D eigenvalue weighted by Crippen LogP contribution is 2.02. The Balaban J connectivity index is 3.05. The van der Waals surface area contributed by atoms with Crippen LogP contribution >= 0.6 is 0 Å². The molecule has 0 saturated carbocycles. The first-order valence-corrected chi connectivity index (χ1v) is 3.00. The molecule has 1 heterocycles. The number of aromatic amines is 1. The maximum absolute atomic E-state index is 5.08.